The predicted octanol–water partition coefficient (Wildman–Crippen LogP) is 2.76. The molecular formula is C20H18FN3O3. The van der Waals surface area contributed by atoms with Crippen LogP contribution < -0.4 is 10.2 Å². The zero-order valence-corrected chi connectivity index (χ0v) is 14.7. The second-order valence-corrected chi connectivity index (χ2v) is 6.91. The molecule has 1 unspecified atom stereocenters. The number of anilines is 2. The molecule has 7 heteroatoms. The fourth-order valence-corrected chi connectivity index (χ4v) is 3.82. The van der Waals surface area contributed by atoms with Crippen molar-refractivity contribution in [2.45, 2.75) is 25.4 Å². The van der Waals surface area contributed by atoms with Crippen molar-refractivity contribution in [1.29, 1.82) is 0 Å². The van der Waals surface area contributed by atoms with Crippen molar-refractivity contribution in [2.24, 2.45) is 0 Å². The van der Waals surface area contributed by atoms with Crippen LogP contribution in [-0.2, 0) is 9.59 Å². The van der Waals surface area contributed by atoms with Gasteiger partial charge in [-0.05, 0) is 49.7 Å². The van der Waals surface area contributed by atoms with Gasteiger partial charge in [0.1, 0.15) is 18.0 Å². The lowest BCUT2D eigenvalue weighted by Crippen LogP contribution is -2.63. The van der Waals surface area contributed by atoms with Crippen LogP contribution in [0.15, 0.2) is 48.5 Å². The number of carbonyl (C=O) groups is 3. The van der Waals surface area contributed by atoms with Gasteiger partial charge in [-0.15, -0.1) is 0 Å². The first-order valence-corrected chi connectivity index (χ1v) is 8.69. The van der Waals surface area contributed by atoms with Gasteiger partial charge in [0, 0.05) is 12.1 Å². The van der Waals surface area contributed by atoms with E-state index in [-0.39, 0.29) is 18.4 Å². The second kappa shape index (κ2) is 6.19. The molecule has 0 bridgehead atoms. The average molecular weight is 367 g/mol. The molecule has 1 N–H and O–H groups in total. The maximum Gasteiger partial charge on any atom is 0.258 e. The van der Waals surface area contributed by atoms with E-state index in [1.54, 1.807) is 36.1 Å². The number of amides is 3. The summed E-state index contributed by atoms with van der Waals surface area (Å²) in [6, 6.07) is 12.3. The Morgan fingerprint density at radius 2 is 1.85 bits per heavy atom. The molecule has 0 aromatic heterocycles. The fourth-order valence-electron chi connectivity index (χ4n) is 3.82. The highest BCUT2D eigenvalue weighted by Gasteiger charge is 2.53. The van der Waals surface area contributed by atoms with Gasteiger partial charge in [0.05, 0.1) is 11.3 Å². The summed E-state index contributed by atoms with van der Waals surface area (Å²) in [6.45, 7) is 1.60. The van der Waals surface area contributed by atoms with Crippen LogP contribution in [0, 0.1) is 5.82 Å². The molecule has 1 atom stereocenters. The van der Waals surface area contributed by atoms with Crippen molar-refractivity contribution >= 4 is 29.1 Å². The number of para-hydroxylation sites is 1. The number of fused-ring (bicyclic) bond motifs is 3. The first-order chi connectivity index (χ1) is 12.9. The van der Waals surface area contributed by atoms with Crippen molar-refractivity contribution in [3.05, 3.63) is 59.9 Å². The standard InChI is InChI=1S/C20H18FN3O3/c1-20-11-10-18(26)24(20)16-5-3-2-4-15(16)19(27)23(20)12-17(25)22-14-8-6-13(21)7-9-14/h2-9H,10-12H2,1H3,(H,22,25). The van der Waals surface area contributed by atoms with Crippen molar-refractivity contribution in [3.63, 3.8) is 0 Å². The molecule has 27 heavy (non-hydrogen) atoms. The monoisotopic (exact) mass is 367 g/mol. The number of nitrogens with zero attached hydrogens (tertiary/aromatic N) is 2. The molecule has 2 aliphatic heterocycles. The molecular weight excluding hydrogens is 349 g/mol. The SMILES string of the molecule is CC12CCC(=O)N1c1ccccc1C(=O)N2CC(=O)Nc1ccc(F)cc1. The third-order valence-corrected chi connectivity index (χ3v) is 5.18. The highest BCUT2D eigenvalue weighted by molar-refractivity contribution is 6.11. The number of hydrogen-bond donors (Lipinski definition) is 1. The highest BCUT2D eigenvalue weighted by atomic mass is 19.1. The van der Waals surface area contributed by atoms with Crippen LogP contribution in [0.4, 0.5) is 15.8 Å². The van der Waals surface area contributed by atoms with Crippen molar-refractivity contribution in [1.82, 2.24) is 4.90 Å². The number of nitrogens with one attached hydrogen (secondary N) is 1. The Hall–Kier alpha value is -3.22. The molecule has 6 nitrogen and oxygen atoms in total. The minimum atomic E-state index is -0.886. The van der Waals surface area contributed by atoms with Gasteiger partial charge in [-0.25, -0.2) is 4.39 Å². The van der Waals surface area contributed by atoms with E-state index in [1.807, 2.05) is 0 Å². The van der Waals surface area contributed by atoms with Crippen LogP contribution in [0.25, 0.3) is 0 Å². The minimum Gasteiger partial charge on any atom is -0.325 e. The summed E-state index contributed by atoms with van der Waals surface area (Å²) in [7, 11) is 0. The molecule has 0 spiro atoms. The second-order valence-electron chi connectivity index (χ2n) is 6.91. The van der Waals surface area contributed by atoms with E-state index in [2.05, 4.69) is 5.32 Å². The quantitative estimate of drug-likeness (QED) is 0.907. The third kappa shape index (κ3) is 2.75. The lowest BCUT2D eigenvalue weighted by Gasteiger charge is -2.48. The lowest BCUT2D eigenvalue weighted by molar-refractivity contribution is -0.120. The Morgan fingerprint density at radius 3 is 2.59 bits per heavy atom. The van der Waals surface area contributed by atoms with E-state index < -0.39 is 17.4 Å². The van der Waals surface area contributed by atoms with Gasteiger partial charge in [-0.2, -0.15) is 0 Å². The summed E-state index contributed by atoms with van der Waals surface area (Å²) in [5.74, 6) is -1.16. The first-order valence-electron chi connectivity index (χ1n) is 8.69. The number of rotatable bonds is 3. The Labute approximate surface area is 155 Å². The molecule has 0 radical (unpaired) electrons. The summed E-state index contributed by atoms with van der Waals surface area (Å²) in [5, 5.41) is 2.67. The minimum absolute atomic E-state index is 0.0682. The van der Waals surface area contributed by atoms with Crippen LogP contribution in [0.3, 0.4) is 0 Å². The molecule has 138 valence electrons. The maximum absolute atomic E-state index is 13.1. The highest BCUT2D eigenvalue weighted by Crippen LogP contribution is 2.43. The topological polar surface area (TPSA) is 69.7 Å². The summed E-state index contributed by atoms with van der Waals surface area (Å²) in [5.41, 5.74) is 0.543. The molecule has 2 aromatic carbocycles. The van der Waals surface area contributed by atoms with Crippen LogP contribution in [-0.4, -0.2) is 34.8 Å². The average Bonchev–Trinajstić information content (AvgIpc) is 2.96. The summed E-state index contributed by atoms with van der Waals surface area (Å²) in [4.78, 5) is 41.1. The van der Waals surface area contributed by atoms with E-state index in [0.717, 1.165) is 0 Å². The zero-order chi connectivity index (χ0) is 19.2. The molecule has 3 amide bonds. The van der Waals surface area contributed by atoms with Crippen LogP contribution in [0.2, 0.25) is 0 Å². The lowest BCUT2D eigenvalue weighted by atomic mass is 9.98. The van der Waals surface area contributed by atoms with Crippen LogP contribution >= 0.6 is 0 Å². The number of carbonyl (C=O) groups excluding carboxylic acids is 3. The van der Waals surface area contributed by atoms with Gasteiger partial charge in [0.2, 0.25) is 11.8 Å². The van der Waals surface area contributed by atoms with Crippen molar-refractivity contribution in [2.75, 3.05) is 16.8 Å². The Balaban J connectivity index is 1.64. The van der Waals surface area contributed by atoms with E-state index in [0.29, 0.717) is 29.8 Å². The van der Waals surface area contributed by atoms with E-state index in [1.165, 1.54) is 29.2 Å². The zero-order valence-electron chi connectivity index (χ0n) is 14.7. The molecule has 0 saturated carbocycles. The van der Waals surface area contributed by atoms with E-state index in [9.17, 15) is 18.8 Å². The Morgan fingerprint density at radius 1 is 1.15 bits per heavy atom. The predicted molar refractivity (Wildman–Crippen MR) is 97.6 cm³/mol. The van der Waals surface area contributed by atoms with Crippen LogP contribution in [0.1, 0.15) is 30.1 Å². The van der Waals surface area contributed by atoms with Gasteiger partial charge < -0.3 is 10.2 Å². The van der Waals surface area contributed by atoms with Gasteiger partial charge in [0.25, 0.3) is 5.91 Å². The molecule has 4 rings (SSSR count). The van der Waals surface area contributed by atoms with Crippen molar-refractivity contribution < 1.29 is 18.8 Å². The van der Waals surface area contributed by atoms with E-state index in [4.69, 9.17) is 0 Å². The molecule has 1 saturated heterocycles. The molecule has 0 aliphatic carbocycles. The molecule has 2 aromatic rings. The van der Waals surface area contributed by atoms with Crippen molar-refractivity contribution in [3.8, 4) is 0 Å². The normalized spacial score (nSPS) is 21.1. The van der Waals surface area contributed by atoms with E-state index >= 15 is 0 Å². The largest absolute Gasteiger partial charge is 0.325 e. The Kier molecular flexibility index (Phi) is 3.95. The number of hydrogen-bond acceptors (Lipinski definition) is 3. The fraction of sp³-hybridized carbons (Fsp3) is 0.250. The summed E-state index contributed by atoms with van der Waals surface area (Å²) >= 11 is 0. The number of benzene rings is 2. The van der Waals surface area contributed by atoms with Gasteiger partial charge in [-0.1, -0.05) is 12.1 Å². The number of halogens is 1. The molecule has 2 aliphatic rings. The maximum atomic E-state index is 13.1. The summed E-state index contributed by atoms with van der Waals surface area (Å²) < 4.78 is 13.0. The van der Waals surface area contributed by atoms with Gasteiger partial charge >= 0.3 is 0 Å². The molecule has 2 heterocycles. The van der Waals surface area contributed by atoms with Crippen LogP contribution in [0.5, 0.6) is 0 Å². The molecule has 1 fully saturated rings. The third-order valence-electron chi connectivity index (χ3n) is 5.18. The first kappa shape index (κ1) is 17.2. The smallest absolute Gasteiger partial charge is 0.258 e. The van der Waals surface area contributed by atoms with Gasteiger partial charge in [0.15, 0.2) is 0 Å². The van der Waals surface area contributed by atoms with Gasteiger partial charge in [-0.3, -0.25) is 19.3 Å². The summed E-state index contributed by atoms with van der Waals surface area (Å²) in [6.07, 6.45) is 0.768. The Bertz CT molecular complexity index is 944.